The summed E-state index contributed by atoms with van der Waals surface area (Å²) in [5, 5.41) is 2.92. The smallest absolute Gasteiger partial charge is 0.255 e. The van der Waals surface area contributed by atoms with Gasteiger partial charge in [0.25, 0.3) is 11.5 Å². The number of aromatic nitrogens is 1. The summed E-state index contributed by atoms with van der Waals surface area (Å²) in [7, 11) is 1.60. The molecule has 2 aromatic carbocycles. The summed E-state index contributed by atoms with van der Waals surface area (Å²) in [5.74, 6) is -1.36. The van der Waals surface area contributed by atoms with Crippen molar-refractivity contribution in [3.05, 3.63) is 99.9 Å². The Hall–Kier alpha value is -4.00. The topological polar surface area (TPSA) is 82.3 Å². The van der Waals surface area contributed by atoms with Crippen LogP contribution in [0.3, 0.4) is 0 Å². The molecule has 1 aliphatic heterocycles. The molecule has 32 heavy (non-hydrogen) atoms. The Balaban J connectivity index is 1.67. The highest BCUT2D eigenvalue weighted by atomic mass is 19.1. The molecule has 6 nitrogen and oxygen atoms in total. The van der Waals surface area contributed by atoms with E-state index in [1.165, 1.54) is 23.2 Å². The van der Waals surface area contributed by atoms with Gasteiger partial charge in [-0.1, -0.05) is 24.3 Å². The van der Waals surface area contributed by atoms with Gasteiger partial charge in [-0.15, -0.1) is 0 Å². The van der Waals surface area contributed by atoms with Crippen molar-refractivity contribution in [1.29, 1.82) is 0 Å². The SMILES string of the molecule is Cc1ccc(-c2ccc[nH]c2=O)cc1NC(=O)C1=CN(C)C(=O)CC1c1ccc(F)cc1. The number of nitrogens with one attached hydrogen (secondary N) is 2. The van der Waals surface area contributed by atoms with Gasteiger partial charge in [0.05, 0.1) is 0 Å². The minimum Gasteiger partial charge on any atom is -0.329 e. The number of aryl methyl sites for hydroxylation is 1. The van der Waals surface area contributed by atoms with E-state index in [4.69, 9.17) is 0 Å². The van der Waals surface area contributed by atoms with E-state index in [0.29, 0.717) is 28.0 Å². The van der Waals surface area contributed by atoms with Gasteiger partial charge in [0.2, 0.25) is 5.91 Å². The number of halogens is 1. The zero-order valence-corrected chi connectivity index (χ0v) is 17.7. The third-order valence-corrected chi connectivity index (χ3v) is 5.63. The van der Waals surface area contributed by atoms with Crippen LogP contribution >= 0.6 is 0 Å². The van der Waals surface area contributed by atoms with Crippen molar-refractivity contribution in [1.82, 2.24) is 9.88 Å². The number of pyridine rings is 1. The van der Waals surface area contributed by atoms with E-state index in [9.17, 15) is 18.8 Å². The molecule has 0 spiro atoms. The number of rotatable bonds is 4. The van der Waals surface area contributed by atoms with Crippen LogP contribution in [0, 0.1) is 12.7 Å². The van der Waals surface area contributed by atoms with Crippen LogP contribution in [-0.2, 0) is 9.59 Å². The first kappa shape index (κ1) is 21.2. The highest BCUT2D eigenvalue weighted by molar-refractivity contribution is 6.07. The fourth-order valence-electron chi connectivity index (χ4n) is 3.78. The summed E-state index contributed by atoms with van der Waals surface area (Å²) >= 11 is 0. The van der Waals surface area contributed by atoms with Crippen molar-refractivity contribution in [2.75, 3.05) is 12.4 Å². The second kappa shape index (κ2) is 8.63. The number of aromatic amines is 1. The maximum atomic E-state index is 13.4. The molecule has 0 radical (unpaired) electrons. The van der Waals surface area contributed by atoms with Crippen LogP contribution < -0.4 is 10.9 Å². The first-order valence-corrected chi connectivity index (χ1v) is 10.2. The normalized spacial score (nSPS) is 16.0. The van der Waals surface area contributed by atoms with Gasteiger partial charge in [0.15, 0.2) is 0 Å². The van der Waals surface area contributed by atoms with E-state index in [1.807, 2.05) is 19.1 Å². The van der Waals surface area contributed by atoms with E-state index >= 15 is 0 Å². The van der Waals surface area contributed by atoms with Crippen LogP contribution in [-0.4, -0.2) is 28.7 Å². The molecule has 1 atom stereocenters. The number of carbonyl (C=O) groups is 2. The molecule has 1 aromatic heterocycles. The Morgan fingerprint density at radius 1 is 1.12 bits per heavy atom. The van der Waals surface area contributed by atoms with E-state index < -0.39 is 5.92 Å². The van der Waals surface area contributed by atoms with Crippen LogP contribution in [0.4, 0.5) is 10.1 Å². The van der Waals surface area contributed by atoms with Gasteiger partial charge >= 0.3 is 0 Å². The lowest BCUT2D eigenvalue weighted by atomic mass is 9.85. The summed E-state index contributed by atoms with van der Waals surface area (Å²) in [6, 6.07) is 14.7. The molecule has 0 bridgehead atoms. The van der Waals surface area contributed by atoms with E-state index in [2.05, 4.69) is 10.3 Å². The van der Waals surface area contributed by atoms with Crippen molar-refractivity contribution in [3.8, 4) is 11.1 Å². The monoisotopic (exact) mass is 431 g/mol. The van der Waals surface area contributed by atoms with Crippen LogP contribution in [0.1, 0.15) is 23.5 Å². The Bertz CT molecular complexity index is 1280. The number of hydrogen-bond acceptors (Lipinski definition) is 3. The van der Waals surface area contributed by atoms with Gasteiger partial charge in [-0.05, 0) is 53.9 Å². The molecule has 0 saturated heterocycles. The van der Waals surface area contributed by atoms with Crippen molar-refractivity contribution in [3.63, 3.8) is 0 Å². The molecule has 0 aliphatic carbocycles. The molecule has 4 rings (SSSR count). The lowest BCUT2D eigenvalue weighted by molar-refractivity contribution is -0.128. The number of amides is 2. The third-order valence-electron chi connectivity index (χ3n) is 5.63. The summed E-state index contributed by atoms with van der Waals surface area (Å²) < 4.78 is 13.4. The Morgan fingerprint density at radius 2 is 1.88 bits per heavy atom. The van der Waals surface area contributed by atoms with Gasteiger partial charge in [0.1, 0.15) is 5.82 Å². The van der Waals surface area contributed by atoms with E-state index in [-0.39, 0.29) is 29.6 Å². The van der Waals surface area contributed by atoms with Crippen LogP contribution in [0.25, 0.3) is 11.1 Å². The summed E-state index contributed by atoms with van der Waals surface area (Å²) in [5.41, 5.74) is 3.43. The fourth-order valence-corrected chi connectivity index (χ4v) is 3.78. The molecule has 0 fully saturated rings. The first-order valence-electron chi connectivity index (χ1n) is 10.2. The van der Waals surface area contributed by atoms with E-state index in [1.54, 1.807) is 43.6 Å². The molecule has 0 saturated carbocycles. The molecule has 1 aliphatic rings. The molecule has 162 valence electrons. The number of anilines is 1. The molecule has 2 N–H and O–H groups in total. The number of hydrogen-bond donors (Lipinski definition) is 2. The highest BCUT2D eigenvalue weighted by Crippen LogP contribution is 2.34. The Morgan fingerprint density at radius 3 is 2.59 bits per heavy atom. The lowest BCUT2D eigenvalue weighted by Crippen LogP contribution is -2.33. The summed E-state index contributed by atoms with van der Waals surface area (Å²) in [6.45, 7) is 1.86. The third kappa shape index (κ3) is 4.23. The van der Waals surface area contributed by atoms with Crippen molar-refractivity contribution in [2.45, 2.75) is 19.3 Å². The minimum absolute atomic E-state index is 0.111. The zero-order chi connectivity index (χ0) is 22.8. The predicted molar refractivity (Wildman–Crippen MR) is 120 cm³/mol. The van der Waals surface area contributed by atoms with Gasteiger partial charge in [-0.25, -0.2) is 4.39 Å². The second-order valence-corrected chi connectivity index (χ2v) is 7.79. The van der Waals surface area contributed by atoms with Gasteiger partial charge in [-0.3, -0.25) is 14.4 Å². The number of nitrogens with zero attached hydrogens (tertiary/aromatic N) is 1. The first-order chi connectivity index (χ1) is 15.3. The number of carbonyl (C=O) groups excluding carboxylic acids is 2. The van der Waals surface area contributed by atoms with Gasteiger partial charge in [0, 0.05) is 48.6 Å². The van der Waals surface area contributed by atoms with Crippen molar-refractivity contribution >= 4 is 17.5 Å². The fraction of sp³-hybridized carbons (Fsp3) is 0.160. The number of H-pyrrole nitrogens is 1. The zero-order valence-electron chi connectivity index (χ0n) is 17.7. The minimum atomic E-state index is -0.486. The van der Waals surface area contributed by atoms with Gasteiger partial charge in [-0.2, -0.15) is 0 Å². The van der Waals surface area contributed by atoms with Gasteiger partial charge < -0.3 is 15.2 Å². The quantitative estimate of drug-likeness (QED) is 0.656. The van der Waals surface area contributed by atoms with Crippen molar-refractivity contribution < 1.29 is 14.0 Å². The second-order valence-electron chi connectivity index (χ2n) is 7.79. The molecule has 7 heteroatoms. The highest BCUT2D eigenvalue weighted by Gasteiger charge is 2.31. The molecule has 2 heterocycles. The molecule has 2 amide bonds. The molecular weight excluding hydrogens is 409 g/mol. The largest absolute Gasteiger partial charge is 0.329 e. The van der Waals surface area contributed by atoms with Crippen LogP contribution in [0.5, 0.6) is 0 Å². The average Bonchev–Trinajstić information content (AvgIpc) is 2.78. The molecular formula is C25H22FN3O3. The maximum absolute atomic E-state index is 13.4. The van der Waals surface area contributed by atoms with E-state index in [0.717, 1.165) is 5.56 Å². The van der Waals surface area contributed by atoms with Crippen molar-refractivity contribution in [2.24, 2.45) is 0 Å². The summed E-state index contributed by atoms with van der Waals surface area (Å²) in [6.07, 6.45) is 3.20. The Labute approximate surface area is 184 Å². The lowest BCUT2D eigenvalue weighted by Gasteiger charge is -2.28. The predicted octanol–water partition coefficient (Wildman–Crippen LogP) is 3.96. The molecule has 1 unspecified atom stereocenters. The Kier molecular flexibility index (Phi) is 5.73. The van der Waals surface area contributed by atoms with Crippen LogP contribution in [0.15, 0.2) is 77.4 Å². The maximum Gasteiger partial charge on any atom is 0.255 e. The molecule has 3 aromatic rings. The standard InChI is InChI=1S/C25H22FN3O3/c1-15-5-6-17(19-4-3-11-27-24(19)31)12-22(15)28-25(32)21-14-29(2)23(30)13-20(21)16-7-9-18(26)10-8-16/h3-12,14,20H,13H2,1-2H3,(H,27,31)(H,28,32). The number of benzene rings is 2. The average molecular weight is 431 g/mol. The summed E-state index contributed by atoms with van der Waals surface area (Å²) in [4.78, 5) is 41.8. The van der Waals surface area contributed by atoms with Crippen LogP contribution in [0.2, 0.25) is 0 Å².